The van der Waals surface area contributed by atoms with Gasteiger partial charge in [-0.05, 0) is 12.1 Å². The summed E-state index contributed by atoms with van der Waals surface area (Å²) in [5, 5.41) is 2.86. The number of nitrogens with zero attached hydrogens (tertiary/aromatic N) is 2. The molecule has 1 aromatic heterocycles. The summed E-state index contributed by atoms with van der Waals surface area (Å²) in [5.41, 5.74) is 0.204. The van der Waals surface area contributed by atoms with E-state index in [1.807, 2.05) is 0 Å². The average Bonchev–Trinajstić information content (AvgIpc) is 2.58. The number of halogens is 1. The second-order valence-corrected chi connectivity index (χ2v) is 6.67. The molecule has 7 nitrogen and oxygen atoms in total. The van der Waals surface area contributed by atoms with Gasteiger partial charge in [-0.25, -0.2) is 18.1 Å². The Morgan fingerprint density at radius 2 is 2.20 bits per heavy atom. The van der Waals surface area contributed by atoms with Crippen LogP contribution in [0.25, 0.3) is 0 Å². The number of amides is 1. The molecule has 1 saturated heterocycles. The van der Waals surface area contributed by atoms with E-state index >= 15 is 0 Å². The van der Waals surface area contributed by atoms with Crippen molar-refractivity contribution in [2.24, 2.45) is 0 Å². The van der Waals surface area contributed by atoms with E-state index in [2.05, 4.69) is 15.0 Å². The fraction of sp³-hybridized carbons (Fsp3) is 0.455. The van der Waals surface area contributed by atoms with Crippen LogP contribution in [0, 0.1) is 0 Å². The van der Waals surface area contributed by atoms with E-state index in [0.717, 1.165) is 0 Å². The molecule has 0 atom stereocenters. The summed E-state index contributed by atoms with van der Waals surface area (Å²) in [7, 11) is -1.73. The Balaban J connectivity index is 2.28. The van der Waals surface area contributed by atoms with Crippen molar-refractivity contribution in [3.05, 3.63) is 22.8 Å². The van der Waals surface area contributed by atoms with Gasteiger partial charge in [0.15, 0.2) is 0 Å². The average molecular weight is 319 g/mol. The van der Waals surface area contributed by atoms with E-state index in [4.69, 9.17) is 11.6 Å². The van der Waals surface area contributed by atoms with Gasteiger partial charge in [0, 0.05) is 31.7 Å². The van der Waals surface area contributed by atoms with Crippen molar-refractivity contribution in [3.8, 4) is 0 Å². The molecular formula is C11H15ClN4O3S. The van der Waals surface area contributed by atoms with Crippen molar-refractivity contribution < 1.29 is 13.2 Å². The van der Waals surface area contributed by atoms with Gasteiger partial charge >= 0.3 is 0 Å². The molecule has 0 bridgehead atoms. The molecular weight excluding hydrogens is 304 g/mol. The zero-order valence-electron chi connectivity index (χ0n) is 10.9. The van der Waals surface area contributed by atoms with Crippen molar-refractivity contribution in [2.45, 2.75) is 0 Å². The molecule has 9 heteroatoms. The largest absolute Gasteiger partial charge is 0.354 e. The number of carbonyl (C=O) groups excluding carboxylic acids is 1. The van der Waals surface area contributed by atoms with E-state index in [1.165, 1.54) is 13.1 Å². The molecule has 0 aromatic carbocycles. The van der Waals surface area contributed by atoms with Gasteiger partial charge in [0.25, 0.3) is 5.91 Å². The predicted octanol–water partition coefficient (Wildman–Crippen LogP) is -0.166. The van der Waals surface area contributed by atoms with Crippen LogP contribution in [0.15, 0.2) is 12.1 Å². The first-order chi connectivity index (χ1) is 9.41. The van der Waals surface area contributed by atoms with Gasteiger partial charge in [-0.3, -0.25) is 4.79 Å². The number of nitrogens with one attached hydrogen (secondary N) is 2. The third-order valence-electron chi connectivity index (χ3n) is 2.89. The Kier molecular flexibility index (Phi) is 4.46. The molecule has 0 spiro atoms. The first-order valence-corrected chi connectivity index (χ1v) is 8.06. The van der Waals surface area contributed by atoms with Crippen LogP contribution in [0.4, 0.5) is 5.82 Å². The molecule has 1 aliphatic rings. The van der Waals surface area contributed by atoms with E-state index in [-0.39, 0.29) is 17.4 Å². The molecule has 2 rings (SSSR count). The minimum atomic E-state index is -3.23. The maximum absolute atomic E-state index is 11.6. The summed E-state index contributed by atoms with van der Waals surface area (Å²) in [6.45, 7) is 1.07. The Morgan fingerprint density at radius 1 is 1.45 bits per heavy atom. The summed E-state index contributed by atoms with van der Waals surface area (Å²) in [6, 6.07) is 3.09. The molecule has 0 saturated carbocycles. The highest BCUT2D eigenvalue weighted by atomic mass is 35.5. The summed E-state index contributed by atoms with van der Waals surface area (Å²) >= 11 is 5.99. The minimum Gasteiger partial charge on any atom is -0.354 e. The lowest BCUT2D eigenvalue weighted by molar-refractivity contribution is 0.0958. The van der Waals surface area contributed by atoms with E-state index in [1.54, 1.807) is 11.0 Å². The van der Waals surface area contributed by atoms with Gasteiger partial charge in [0.05, 0.1) is 5.75 Å². The minimum absolute atomic E-state index is 0.0174. The van der Waals surface area contributed by atoms with Crippen LogP contribution in [-0.4, -0.2) is 51.7 Å². The molecule has 1 aromatic rings. The number of hydrogen-bond donors (Lipinski definition) is 2. The smallest absolute Gasteiger partial charge is 0.269 e. The number of hydrogen-bond acceptors (Lipinski definition) is 5. The molecule has 1 aliphatic heterocycles. The predicted molar refractivity (Wildman–Crippen MR) is 76.6 cm³/mol. The topological polar surface area (TPSA) is 91.4 Å². The van der Waals surface area contributed by atoms with E-state index in [9.17, 15) is 13.2 Å². The van der Waals surface area contributed by atoms with Crippen LogP contribution in [0.2, 0.25) is 5.02 Å². The van der Waals surface area contributed by atoms with Gasteiger partial charge in [0.2, 0.25) is 10.0 Å². The quantitative estimate of drug-likeness (QED) is 0.790. The van der Waals surface area contributed by atoms with E-state index in [0.29, 0.717) is 30.5 Å². The van der Waals surface area contributed by atoms with Crippen LogP contribution in [-0.2, 0) is 10.0 Å². The third-order valence-corrected chi connectivity index (χ3v) is 4.48. The maximum Gasteiger partial charge on any atom is 0.269 e. The zero-order chi connectivity index (χ0) is 14.8. The molecule has 0 aliphatic carbocycles. The lowest BCUT2D eigenvalue weighted by Gasteiger charge is -2.21. The number of sulfonamides is 1. The van der Waals surface area contributed by atoms with Crippen LogP contribution in [0.3, 0.4) is 0 Å². The molecule has 2 N–H and O–H groups in total. The van der Waals surface area contributed by atoms with Crippen molar-refractivity contribution in [3.63, 3.8) is 0 Å². The van der Waals surface area contributed by atoms with Crippen molar-refractivity contribution in [2.75, 3.05) is 37.3 Å². The van der Waals surface area contributed by atoms with Crippen LogP contribution >= 0.6 is 11.6 Å². The number of aromatic nitrogens is 1. The Hall–Kier alpha value is -1.38. The summed E-state index contributed by atoms with van der Waals surface area (Å²) < 4.78 is 25.4. The molecule has 110 valence electrons. The number of carbonyl (C=O) groups is 1. The highest BCUT2D eigenvalue weighted by Gasteiger charge is 2.20. The van der Waals surface area contributed by atoms with Gasteiger partial charge in [0.1, 0.15) is 11.5 Å². The zero-order valence-corrected chi connectivity index (χ0v) is 12.5. The van der Waals surface area contributed by atoms with Crippen molar-refractivity contribution in [1.29, 1.82) is 0 Å². The maximum atomic E-state index is 11.6. The first kappa shape index (κ1) is 15.0. The lowest BCUT2D eigenvalue weighted by Crippen LogP contribution is -2.30. The van der Waals surface area contributed by atoms with Crippen molar-refractivity contribution >= 4 is 33.3 Å². The second-order valence-electron chi connectivity index (χ2n) is 4.31. The number of pyridine rings is 1. The molecule has 2 heterocycles. The highest BCUT2D eigenvalue weighted by molar-refractivity contribution is 7.89. The highest BCUT2D eigenvalue weighted by Crippen LogP contribution is 2.19. The number of anilines is 1. The molecule has 0 unspecified atom stereocenters. The lowest BCUT2D eigenvalue weighted by atomic mass is 10.3. The SMILES string of the molecule is CNC(=O)c1cc(Cl)cc(N2CCNS(=O)(=O)CC2)n1. The molecule has 1 fully saturated rings. The fourth-order valence-corrected chi connectivity index (χ4v) is 3.08. The molecule has 0 radical (unpaired) electrons. The van der Waals surface area contributed by atoms with Gasteiger partial charge < -0.3 is 10.2 Å². The second kappa shape index (κ2) is 5.94. The third kappa shape index (κ3) is 3.59. The van der Waals surface area contributed by atoms with Crippen LogP contribution in [0.1, 0.15) is 10.5 Å². The Bertz CT molecular complexity index is 620. The van der Waals surface area contributed by atoms with Gasteiger partial charge in [-0.2, -0.15) is 0 Å². The fourth-order valence-electron chi connectivity index (χ4n) is 1.87. The Morgan fingerprint density at radius 3 is 2.90 bits per heavy atom. The van der Waals surface area contributed by atoms with Gasteiger partial charge in [-0.1, -0.05) is 11.6 Å². The van der Waals surface area contributed by atoms with E-state index < -0.39 is 10.0 Å². The van der Waals surface area contributed by atoms with Crippen LogP contribution < -0.4 is 14.9 Å². The first-order valence-electron chi connectivity index (χ1n) is 6.03. The summed E-state index contributed by atoms with van der Waals surface area (Å²) in [6.07, 6.45) is 0. The monoisotopic (exact) mass is 318 g/mol. The van der Waals surface area contributed by atoms with Gasteiger partial charge in [-0.15, -0.1) is 0 Å². The standard InChI is InChI=1S/C11H15ClN4O3S/c1-13-11(17)9-6-8(12)7-10(15-9)16-3-2-14-20(18,19)5-4-16/h6-7,14H,2-5H2,1H3,(H,13,17). The van der Waals surface area contributed by atoms with Crippen molar-refractivity contribution in [1.82, 2.24) is 15.0 Å². The molecule has 1 amide bonds. The Labute approximate surface area is 122 Å². The normalized spacial score (nSPS) is 18.4. The van der Waals surface area contributed by atoms with Crippen LogP contribution in [0.5, 0.6) is 0 Å². The summed E-state index contributed by atoms with van der Waals surface area (Å²) in [4.78, 5) is 17.6. The summed E-state index contributed by atoms with van der Waals surface area (Å²) in [5.74, 6) is 0.139. The number of rotatable bonds is 2. The molecule has 20 heavy (non-hydrogen) atoms.